The molecule has 17 heteroatoms. The minimum absolute atomic E-state index is 0.00455. The number of hydrogen-bond donors (Lipinski definition) is 4. The summed E-state index contributed by atoms with van der Waals surface area (Å²) < 4.78 is 14.4. The van der Waals surface area contributed by atoms with Gasteiger partial charge in [-0.3, -0.25) is 44.4 Å². The Hall–Kier alpha value is -5.36. The van der Waals surface area contributed by atoms with E-state index in [1.54, 1.807) is 11.6 Å². The molecule has 3 atom stereocenters. The fourth-order valence-corrected chi connectivity index (χ4v) is 10.2. The number of hydrogen-bond acceptors (Lipinski definition) is 12. The molecule has 0 saturated carbocycles. The molecule has 6 heterocycles. The summed E-state index contributed by atoms with van der Waals surface area (Å²) in [6, 6.07) is 13.5. The number of halogens is 1. The van der Waals surface area contributed by atoms with Gasteiger partial charge in [0.15, 0.2) is 5.13 Å². The zero-order valence-corrected chi connectivity index (χ0v) is 33.8. The van der Waals surface area contributed by atoms with Gasteiger partial charge in [0, 0.05) is 98.8 Å². The van der Waals surface area contributed by atoms with Gasteiger partial charge in [-0.25, -0.2) is 9.37 Å². The molecule has 14 nitrogen and oxygen atoms in total. The number of phenolic OH excluding ortho intramolecular Hbond substituents is 1. The molecule has 3 saturated heterocycles. The third-order valence-corrected chi connectivity index (χ3v) is 13.5. The van der Waals surface area contributed by atoms with Gasteiger partial charge in [-0.05, 0) is 72.4 Å². The van der Waals surface area contributed by atoms with Crippen LogP contribution in [0.2, 0.25) is 0 Å². The Morgan fingerprint density at radius 1 is 0.949 bits per heavy atom. The van der Waals surface area contributed by atoms with Crippen LogP contribution in [0.4, 0.5) is 15.2 Å². The summed E-state index contributed by atoms with van der Waals surface area (Å²) in [5.74, 6) is -2.90. The Labute approximate surface area is 349 Å². The van der Waals surface area contributed by atoms with E-state index in [1.807, 2.05) is 36.4 Å². The molecule has 3 aromatic carbocycles. The summed E-state index contributed by atoms with van der Waals surface area (Å²) in [6.45, 7) is 6.11. The minimum atomic E-state index is -1.29. The van der Waals surface area contributed by atoms with Crippen LogP contribution in [0.15, 0.2) is 66.2 Å². The molecule has 0 aliphatic carbocycles. The number of anilines is 2. The second-order valence-electron chi connectivity index (χ2n) is 15.7. The molecular weight excluding hydrogens is 796 g/mol. The Kier molecular flexibility index (Phi) is 10.6. The average molecular weight is 839 g/mol. The highest BCUT2D eigenvalue weighted by Gasteiger charge is 2.44. The standard InChI is InChI=1S/C42H43FN8O6S2/c43-26-3-7-34(52)32(20-26)36(38(55)46-42-44-11-18-59-42)50-23-25-2-4-28(21-30(25)39(50)56)48-12-9-27(10-13-48)49-16-14-47(15-17-49)22-24-1-5-29-31(19-24)40(57)51(41(29)58)33-6-8-35(53)45-37(33)54/h1-5,7,11,18-21,27,33,36,41,52,58H,6,8-10,12-17,22-23H2,(H,44,46,55)(H,45,53,54). The van der Waals surface area contributed by atoms with Gasteiger partial charge >= 0.3 is 0 Å². The van der Waals surface area contributed by atoms with Crippen LogP contribution < -0.4 is 15.5 Å². The average Bonchev–Trinajstić information content (AvgIpc) is 3.93. The second kappa shape index (κ2) is 16.0. The van der Waals surface area contributed by atoms with Crippen molar-refractivity contribution in [2.24, 2.45) is 0 Å². The number of thiol groups is 1. The SMILES string of the molecule is O=C1CCC(N2C(=O)c3cc(CN4CCN(C5CCN(c6ccc7c(c6)C(=O)N(C(C(=O)Nc6nccs6)c6cc(F)ccc6O)C7)CC5)CC4)ccc3C2S)C(=O)N1. The first-order valence-electron chi connectivity index (χ1n) is 19.8. The highest BCUT2D eigenvalue weighted by Crippen LogP contribution is 2.41. The quantitative estimate of drug-likeness (QED) is 0.142. The molecule has 5 aliphatic rings. The smallest absolute Gasteiger partial charge is 0.256 e. The third kappa shape index (κ3) is 7.56. The van der Waals surface area contributed by atoms with E-state index in [4.69, 9.17) is 0 Å². The lowest BCUT2D eigenvalue weighted by molar-refractivity contribution is -0.137. The number of rotatable bonds is 9. The van der Waals surface area contributed by atoms with Gasteiger partial charge in [0.25, 0.3) is 17.7 Å². The topological polar surface area (TPSA) is 159 Å². The predicted molar refractivity (Wildman–Crippen MR) is 220 cm³/mol. The van der Waals surface area contributed by atoms with E-state index in [1.165, 1.54) is 27.2 Å². The van der Waals surface area contributed by atoms with Crippen LogP contribution in [-0.4, -0.2) is 111 Å². The number of aromatic hydroxyl groups is 1. The lowest BCUT2D eigenvalue weighted by atomic mass is 10.0. The minimum Gasteiger partial charge on any atom is -0.508 e. The summed E-state index contributed by atoms with van der Waals surface area (Å²) in [5, 5.41) is 17.3. The first-order chi connectivity index (χ1) is 28.5. The van der Waals surface area contributed by atoms with E-state index in [0.717, 1.165) is 86.6 Å². The number of nitrogens with zero attached hydrogens (tertiary/aromatic N) is 6. The molecule has 3 N–H and O–H groups in total. The Balaban J connectivity index is 0.795. The maximum absolute atomic E-state index is 14.4. The Morgan fingerprint density at radius 2 is 1.75 bits per heavy atom. The van der Waals surface area contributed by atoms with Crippen molar-refractivity contribution in [2.75, 3.05) is 49.5 Å². The number of thiazole rings is 1. The van der Waals surface area contributed by atoms with Crippen molar-refractivity contribution in [1.82, 2.24) is 29.9 Å². The molecule has 59 heavy (non-hydrogen) atoms. The van der Waals surface area contributed by atoms with E-state index in [9.17, 15) is 33.5 Å². The van der Waals surface area contributed by atoms with E-state index >= 15 is 0 Å². The maximum Gasteiger partial charge on any atom is 0.256 e. The molecule has 306 valence electrons. The molecule has 3 fully saturated rings. The van der Waals surface area contributed by atoms with Crippen molar-refractivity contribution in [3.8, 4) is 5.75 Å². The van der Waals surface area contributed by atoms with Crippen LogP contribution in [0.1, 0.15) is 80.1 Å². The van der Waals surface area contributed by atoms with Crippen molar-refractivity contribution >= 4 is 64.3 Å². The van der Waals surface area contributed by atoms with Crippen molar-refractivity contribution in [1.29, 1.82) is 0 Å². The lowest BCUT2D eigenvalue weighted by Gasteiger charge is -2.43. The molecule has 5 aliphatic heterocycles. The number of benzene rings is 3. The molecule has 3 unspecified atom stereocenters. The van der Waals surface area contributed by atoms with Gasteiger partial charge in [-0.2, -0.15) is 0 Å². The number of fused-ring (bicyclic) bond motifs is 2. The number of imide groups is 1. The fraction of sp³-hybridized carbons (Fsp3) is 0.381. The summed E-state index contributed by atoms with van der Waals surface area (Å²) in [6.07, 6.45) is 3.96. The zero-order chi connectivity index (χ0) is 40.9. The van der Waals surface area contributed by atoms with Crippen molar-refractivity contribution in [2.45, 2.75) is 62.3 Å². The fourth-order valence-electron chi connectivity index (χ4n) is 9.18. The van der Waals surface area contributed by atoms with Crippen molar-refractivity contribution < 1.29 is 33.5 Å². The lowest BCUT2D eigenvalue weighted by Crippen LogP contribution is -2.53. The monoisotopic (exact) mass is 838 g/mol. The first kappa shape index (κ1) is 39.1. The molecule has 0 radical (unpaired) electrons. The number of phenols is 1. The molecule has 1 aromatic heterocycles. The van der Waals surface area contributed by atoms with Gasteiger partial charge in [-0.15, -0.1) is 24.0 Å². The summed E-state index contributed by atoms with van der Waals surface area (Å²) in [5.41, 5.74) is 4.52. The molecule has 0 spiro atoms. The summed E-state index contributed by atoms with van der Waals surface area (Å²) in [4.78, 5) is 79.6. The molecule has 0 bridgehead atoms. The van der Waals surface area contributed by atoms with Crippen LogP contribution in [-0.2, 0) is 27.5 Å². The van der Waals surface area contributed by atoms with Gasteiger partial charge < -0.3 is 19.8 Å². The van der Waals surface area contributed by atoms with Gasteiger partial charge in [0.2, 0.25) is 11.8 Å². The first-order valence-corrected chi connectivity index (χ1v) is 21.2. The second-order valence-corrected chi connectivity index (χ2v) is 17.1. The van der Waals surface area contributed by atoms with E-state index < -0.39 is 35.1 Å². The highest BCUT2D eigenvalue weighted by atomic mass is 32.1. The van der Waals surface area contributed by atoms with Crippen LogP contribution in [0.3, 0.4) is 0 Å². The van der Waals surface area contributed by atoms with Crippen LogP contribution in [0.25, 0.3) is 0 Å². The van der Waals surface area contributed by atoms with Crippen molar-refractivity contribution in [3.63, 3.8) is 0 Å². The van der Waals surface area contributed by atoms with Gasteiger partial charge in [0.1, 0.15) is 29.0 Å². The van der Waals surface area contributed by atoms with Gasteiger partial charge in [-0.1, -0.05) is 18.2 Å². The molecule has 5 amide bonds. The normalized spacial score (nSPS) is 22.1. The maximum atomic E-state index is 14.4. The van der Waals surface area contributed by atoms with E-state index in [-0.39, 0.29) is 48.4 Å². The van der Waals surface area contributed by atoms with Crippen LogP contribution in [0, 0.1) is 5.82 Å². The van der Waals surface area contributed by atoms with E-state index in [2.05, 4.69) is 42.9 Å². The van der Waals surface area contributed by atoms with Crippen molar-refractivity contribution in [3.05, 3.63) is 105 Å². The number of carbonyl (C=O) groups is 5. The molecule has 9 rings (SSSR count). The van der Waals surface area contributed by atoms with Gasteiger partial charge in [0.05, 0.1) is 0 Å². The van der Waals surface area contributed by atoms with Crippen LogP contribution >= 0.6 is 24.0 Å². The number of aromatic nitrogens is 1. The Morgan fingerprint density at radius 3 is 2.49 bits per heavy atom. The summed E-state index contributed by atoms with van der Waals surface area (Å²) >= 11 is 5.90. The number of amides is 5. The number of carbonyl (C=O) groups excluding carboxylic acids is 5. The number of piperidine rings is 2. The largest absolute Gasteiger partial charge is 0.508 e. The predicted octanol–water partition coefficient (Wildman–Crippen LogP) is 4.30. The Bertz CT molecular complexity index is 2330. The highest BCUT2D eigenvalue weighted by molar-refractivity contribution is 7.80. The third-order valence-electron chi connectivity index (χ3n) is 12.3. The number of nitrogens with one attached hydrogen (secondary N) is 2. The molecular formula is C42H43FN8O6S2. The summed E-state index contributed by atoms with van der Waals surface area (Å²) in [7, 11) is 0. The zero-order valence-electron chi connectivity index (χ0n) is 32.1. The van der Waals surface area contributed by atoms with E-state index in [0.29, 0.717) is 28.8 Å². The number of piperazine rings is 1. The molecule has 4 aromatic rings. The van der Waals surface area contributed by atoms with Crippen LogP contribution in [0.5, 0.6) is 5.75 Å².